The van der Waals surface area contributed by atoms with Crippen LogP contribution in [0.25, 0.3) is 66.1 Å². The van der Waals surface area contributed by atoms with Crippen LogP contribution in [0, 0.1) is 0 Å². The molecular formula is C35H23N3. The van der Waals surface area contributed by atoms with Gasteiger partial charge in [0.2, 0.25) is 0 Å². The van der Waals surface area contributed by atoms with Crippen LogP contribution < -0.4 is 0 Å². The van der Waals surface area contributed by atoms with E-state index in [2.05, 4.69) is 142 Å². The lowest BCUT2D eigenvalue weighted by atomic mass is 10.1. The van der Waals surface area contributed by atoms with Gasteiger partial charge in [0.25, 0.3) is 0 Å². The lowest BCUT2D eigenvalue weighted by Gasteiger charge is -2.11. The second-order valence-electron chi connectivity index (χ2n) is 9.71. The van der Waals surface area contributed by atoms with Crippen molar-refractivity contribution in [1.29, 1.82) is 0 Å². The summed E-state index contributed by atoms with van der Waals surface area (Å²) in [5, 5.41) is 5.03. The maximum Gasteiger partial charge on any atom is 0.0562 e. The van der Waals surface area contributed by atoms with E-state index in [1.807, 2.05) is 12.4 Å². The lowest BCUT2D eigenvalue weighted by Crippen LogP contribution is -1.96. The van der Waals surface area contributed by atoms with Crippen LogP contribution in [0.1, 0.15) is 0 Å². The number of nitrogens with zero attached hydrogens (tertiary/aromatic N) is 3. The molecule has 178 valence electrons. The Balaban J connectivity index is 1.45. The smallest absolute Gasteiger partial charge is 0.0562 e. The van der Waals surface area contributed by atoms with Crippen LogP contribution in [-0.2, 0) is 0 Å². The van der Waals surface area contributed by atoms with Gasteiger partial charge in [-0.15, -0.1) is 0 Å². The second kappa shape index (κ2) is 8.19. The van der Waals surface area contributed by atoms with E-state index < -0.39 is 0 Å². The highest BCUT2D eigenvalue weighted by atomic mass is 15.0. The van der Waals surface area contributed by atoms with Gasteiger partial charge in [-0.3, -0.25) is 4.98 Å². The lowest BCUT2D eigenvalue weighted by molar-refractivity contribution is 1.15. The number of para-hydroxylation sites is 2. The Labute approximate surface area is 219 Å². The van der Waals surface area contributed by atoms with Gasteiger partial charge in [0.15, 0.2) is 0 Å². The molecule has 0 radical (unpaired) electrons. The van der Waals surface area contributed by atoms with E-state index in [1.165, 1.54) is 54.7 Å². The van der Waals surface area contributed by atoms with Gasteiger partial charge in [-0.2, -0.15) is 0 Å². The molecule has 5 aromatic carbocycles. The largest absolute Gasteiger partial charge is 0.309 e. The Hall–Kier alpha value is -5.15. The van der Waals surface area contributed by atoms with Crippen LogP contribution in [0.2, 0.25) is 0 Å². The first-order valence-corrected chi connectivity index (χ1v) is 12.9. The molecule has 3 aromatic heterocycles. The van der Waals surface area contributed by atoms with Gasteiger partial charge in [-0.05, 0) is 59.7 Å². The topological polar surface area (TPSA) is 22.8 Å². The Bertz CT molecular complexity index is 2100. The fourth-order valence-electron chi connectivity index (χ4n) is 5.91. The Morgan fingerprint density at radius 3 is 1.47 bits per heavy atom. The van der Waals surface area contributed by atoms with Crippen molar-refractivity contribution in [2.45, 2.75) is 0 Å². The first-order valence-electron chi connectivity index (χ1n) is 12.9. The Morgan fingerprint density at radius 1 is 0.368 bits per heavy atom. The van der Waals surface area contributed by atoms with Gasteiger partial charge in [0.1, 0.15) is 0 Å². The van der Waals surface area contributed by atoms with Gasteiger partial charge in [0.05, 0.1) is 22.1 Å². The van der Waals surface area contributed by atoms with Crippen molar-refractivity contribution in [3.8, 4) is 22.5 Å². The van der Waals surface area contributed by atoms with Crippen molar-refractivity contribution < 1.29 is 0 Å². The van der Waals surface area contributed by atoms with Gasteiger partial charge in [0, 0.05) is 45.3 Å². The van der Waals surface area contributed by atoms with E-state index >= 15 is 0 Å². The molecule has 8 rings (SSSR count). The summed E-state index contributed by atoms with van der Waals surface area (Å²) < 4.78 is 4.75. The normalized spacial score (nSPS) is 11.7. The van der Waals surface area contributed by atoms with E-state index in [9.17, 15) is 0 Å². The summed E-state index contributed by atoms with van der Waals surface area (Å²) in [4.78, 5) is 4.26. The van der Waals surface area contributed by atoms with Gasteiger partial charge in [-0.25, -0.2) is 0 Å². The molecular weight excluding hydrogens is 462 g/mol. The molecule has 0 aliphatic carbocycles. The average Bonchev–Trinajstić information content (AvgIpc) is 3.49. The minimum absolute atomic E-state index is 1.11. The van der Waals surface area contributed by atoms with Gasteiger partial charge in [-0.1, -0.05) is 78.9 Å². The van der Waals surface area contributed by atoms with Crippen molar-refractivity contribution in [2.24, 2.45) is 0 Å². The van der Waals surface area contributed by atoms with Crippen LogP contribution in [0.4, 0.5) is 0 Å². The first kappa shape index (κ1) is 21.0. The molecule has 0 unspecified atom stereocenters. The van der Waals surface area contributed by atoms with E-state index in [4.69, 9.17) is 0 Å². The molecule has 0 amide bonds. The molecule has 0 saturated carbocycles. The molecule has 0 bridgehead atoms. The molecule has 3 heteroatoms. The summed E-state index contributed by atoms with van der Waals surface area (Å²) in [6, 6.07) is 45.7. The molecule has 0 fully saturated rings. The van der Waals surface area contributed by atoms with Crippen molar-refractivity contribution >= 4 is 43.6 Å². The number of pyridine rings is 1. The molecule has 0 saturated heterocycles. The number of rotatable bonds is 3. The molecule has 0 aliphatic rings. The molecule has 3 heterocycles. The number of hydrogen-bond donors (Lipinski definition) is 0. The maximum atomic E-state index is 4.26. The monoisotopic (exact) mass is 485 g/mol. The van der Waals surface area contributed by atoms with E-state index in [0.29, 0.717) is 0 Å². The van der Waals surface area contributed by atoms with Gasteiger partial charge < -0.3 is 9.13 Å². The zero-order valence-electron chi connectivity index (χ0n) is 20.6. The van der Waals surface area contributed by atoms with E-state index in [0.717, 1.165) is 11.4 Å². The SMILES string of the molecule is c1ccc(-c2ccc(-n3c4ccccc4c4cc5c6ccccc6n(-c6ccncc6)c5cc43)cc2)cc1. The highest BCUT2D eigenvalue weighted by Crippen LogP contribution is 2.39. The van der Waals surface area contributed by atoms with Crippen molar-refractivity contribution in [3.63, 3.8) is 0 Å². The fraction of sp³-hybridized carbons (Fsp3) is 0. The predicted molar refractivity (Wildman–Crippen MR) is 158 cm³/mol. The number of benzene rings is 5. The van der Waals surface area contributed by atoms with Crippen LogP contribution in [0.5, 0.6) is 0 Å². The zero-order chi connectivity index (χ0) is 25.1. The highest BCUT2D eigenvalue weighted by molar-refractivity contribution is 6.19. The first-order chi connectivity index (χ1) is 18.9. The molecule has 38 heavy (non-hydrogen) atoms. The Kier molecular flexibility index (Phi) is 4.52. The molecule has 0 atom stereocenters. The average molecular weight is 486 g/mol. The van der Waals surface area contributed by atoms with Crippen molar-refractivity contribution in [1.82, 2.24) is 14.1 Å². The predicted octanol–water partition coefficient (Wildman–Crippen LogP) is 8.94. The van der Waals surface area contributed by atoms with E-state index in [-0.39, 0.29) is 0 Å². The number of hydrogen-bond acceptors (Lipinski definition) is 1. The van der Waals surface area contributed by atoms with Crippen LogP contribution in [-0.4, -0.2) is 14.1 Å². The molecule has 0 N–H and O–H groups in total. The molecule has 0 spiro atoms. The zero-order valence-corrected chi connectivity index (χ0v) is 20.6. The summed E-state index contributed by atoms with van der Waals surface area (Å²) in [6.45, 7) is 0. The van der Waals surface area contributed by atoms with Crippen LogP contribution in [0.3, 0.4) is 0 Å². The third kappa shape index (κ3) is 3.06. The third-order valence-electron chi connectivity index (χ3n) is 7.62. The molecule has 8 aromatic rings. The van der Waals surface area contributed by atoms with Crippen molar-refractivity contribution in [3.05, 3.63) is 140 Å². The second-order valence-corrected chi connectivity index (χ2v) is 9.71. The standard InChI is InChI=1S/C35H23N3/c1-2-8-24(9-3-1)25-14-16-26(17-15-25)37-32-12-6-4-10-28(32)30-22-31-29-11-5-7-13-33(29)38(35(31)23-34(30)37)27-18-20-36-21-19-27/h1-23H. The third-order valence-corrected chi connectivity index (χ3v) is 7.62. The minimum atomic E-state index is 1.11. The summed E-state index contributed by atoms with van der Waals surface area (Å²) >= 11 is 0. The number of fused-ring (bicyclic) bond motifs is 6. The quantitative estimate of drug-likeness (QED) is 0.245. The molecule has 3 nitrogen and oxygen atoms in total. The summed E-state index contributed by atoms with van der Waals surface area (Å²) in [5.41, 5.74) is 9.51. The molecule has 0 aliphatic heterocycles. The van der Waals surface area contributed by atoms with Crippen LogP contribution in [0.15, 0.2) is 140 Å². The minimum Gasteiger partial charge on any atom is -0.309 e. The summed E-state index contributed by atoms with van der Waals surface area (Å²) in [5.74, 6) is 0. The van der Waals surface area contributed by atoms with E-state index in [1.54, 1.807) is 0 Å². The number of aromatic nitrogens is 3. The summed E-state index contributed by atoms with van der Waals surface area (Å²) in [6.07, 6.45) is 3.72. The Morgan fingerprint density at radius 2 is 0.868 bits per heavy atom. The maximum absolute atomic E-state index is 4.26. The highest BCUT2D eigenvalue weighted by Gasteiger charge is 2.18. The fourth-order valence-corrected chi connectivity index (χ4v) is 5.91. The van der Waals surface area contributed by atoms with Gasteiger partial charge >= 0.3 is 0 Å². The summed E-state index contributed by atoms with van der Waals surface area (Å²) in [7, 11) is 0. The van der Waals surface area contributed by atoms with Crippen LogP contribution >= 0.6 is 0 Å². The van der Waals surface area contributed by atoms with Crippen molar-refractivity contribution in [2.75, 3.05) is 0 Å².